The monoisotopic (exact) mass is 416 g/mol. The number of amides is 1. The second-order valence-electron chi connectivity index (χ2n) is 7.28. The molecule has 1 aromatic rings. The van der Waals surface area contributed by atoms with Crippen LogP contribution in [0.2, 0.25) is 0 Å². The van der Waals surface area contributed by atoms with E-state index < -0.39 is 5.60 Å². The lowest BCUT2D eigenvalue weighted by Gasteiger charge is -2.37. The van der Waals surface area contributed by atoms with Crippen molar-refractivity contribution in [1.82, 2.24) is 4.90 Å². The first-order valence-corrected chi connectivity index (χ1v) is 9.24. The molecule has 25 heavy (non-hydrogen) atoms. The summed E-state index contributed by atoms with van der Waals surface area (Å²) >= 11 is 3.36. The number of rotatable bonds is 4. The molecule has 0 aliphatic carbocycles. The smallest absolute Gasteiger partial charge is 0.410 e. The number of hydrogen-bond acceptors (Lipinski definition) is 4. The Labute approximate surface area is 157 Å². The maximum absolute atomic E-state index is 14.0. The number of carbonyl (C=O) groups is 1. The van der Waals surface area contributed by atoms with Gasteiger partial charge in [0.25, 0.3) is 0 Å². The number of hydrogen-bond donors (Lipinski definition) is 1. The van der Waals surface area contributed by atoms with Crippen LogP contribution in [0.25, 0.3) is 0 Å². The maximum atomic E-state index is 14.0. The topological polar surface area (TPSA) is 50.8 Å². The molecule has 1 amide bonds. The number of halogens is 2. The van der Waals surface area contributed by atoms with Crippen molar-refractivity contribution in [1.29, 1.82) is 0 Å². The van der Waals surface area contributed by atoms with Gasteiger partial charge in [-0.2, -0.15) is 0 Å². The number of nitrogens with one attached hydrogen (secondary N) is 1. The van der Waals surface area contributed by atoms with Crippen LogP contribution in [0.4, 0.5) is 14.9 Å². The van der Waals surface area contributed by atoms with Crippen LogP contribution in [0.5, 0.6) is 0 Å². The molecule has 7 heteroatoms. The average Bonchev–Trinajstić information content (AvgIpc) is 2.50. The van der Waals surface area contributed by atoms with Crippen LogP contribution in [0.1, 0.15) is 34.1 Å². The largest absolute Gasteiger partial charge is 0.444 e. The van der Waals surface area contributed by atoms with Crippen molar-refractivity contribution in [2.45, 2.75) is 51.8 Å². The summed E-state index contributed by atoms with van der Waals surface area (Å²) in [5.74, 6) is -0.315. The molecule has 0 spiro atoms. The fraction of sp³-hybridized carbons (Fsp3) is 0.611. The third-order valence-electron chi connectivity index (χ3n) is 3.83. The second-order valence-corrected chi connectivity index (χ2v) is 8.13. The number of nitrogens with zero attached hydrogens (tertiary/aromatic N) is 1. The molecule has 0 aromatic heterocycles. The maximum Gasteiger partial charge on any atom is 0.410 e. The molecule has 2 atom stereocenters. The molecule has 1 aliphatic rings. The Balaban J connectivity index is 2.02. The number of para-hydroxylation sites is 1. The standard InChI is InChI=1S/C18H26BrFN2O3/c1-12(21-16-14(19)6-5-7-15(16)20)10-13-11-24-9-8-22(13)17(23)25-18(2,3)4/h5-7,12-13,21H,8-11H2,1-4H3. The van der Waals surface area contributed by atoms with Crippen molar-refractivity contribution >= 4 is 27.7 Å². The number of morpholine rings is 1. The summed E-state index contributed by atoms with van der Waals surface area (Å²) in [6.45, 7) is 8.94. The summed E-state index contributed by atoms with van der Waals surface area (Å²) in [6, 6.07) is 4.68. The molecule has 1 aliphatic heterocycles. The van der Waals surface area contributed by atoms with Crippen molar-refractivity contribution in [3.8, 4) is 0 Å². The van der Waals surface area contributed by atoms with E-state index in [1.807, 2.05) is 27.7 Å². The summed E-state index contributed by atoms with van der Waals surface area (Å²) in [4.78, 5) is 14.1. The molecule has 5 nitrogen and oxygen atoms in total. The minimum Gasteiger partial charge on any atom is -0.444 e. The van der Waals surface area contributed by atoms with Crippen LogP contribution in [-0.2, 0) is 9.47 Å². The van der Waals surface area contributed by atoms with Crippen molar-refractivity contribution in [2.75, 3.05) is 25.1 Å². The van der Waals surface area contributed by atoms with E-state index in [1.54, 1.807) is 17.0 Å². The minimum absolute atomic E-state index is 0.0511. The van der Waals surface area contributed by atoms with Crippen LogP contribution in [0.15, 0.2) is 22.7 Å². The van der Waals surface area contributed by atoms with Crippen LogP contribution < -0.4 is 5.32 Å². The Hall–Kier alpha value is -1.34. The number of benzene rings is 1. The van der Waals surface area contributed by atoms with Crippen LogP contribution in [0, 0.1) is 5.82 Å². The molecule has 0 radical (unpaired) electrons. The molecule has 2 rings (SSSR count). The van der Waals surface area contributed by atoms with E-state index in [9.17, 15) is 9.18 Å². The third-order valence-corrected chi connectivity index (χ3v) is 4.50. The Morgan fingerprint density at radius 1 is 1.52 bits per heavy atom. The molecule has 0 saturated carbocycles. The molecular formula is C18H26BrFN2O3. The first-order valence-electron chi connectivity index (χ1n) is 8.45. The van der Waals surface area contributed by atoms with Gasteiger partial charge in [0, 0.05) is 17.1 Å². The third kappa shape index (κ3) is 5.85. The van der Waals surface area contributed by atoms with Crippen molar-refractivity contribution in [3.05, 3.63) is 28.5 Å². The van der Waals surface area contributed by atoms with Crippen molar-refractivity contribution in [2.24, 2.45) is 0 Å². The normalized spacial score (nSPS) is 19.4. The highest BCUT2D eigenvalue weighted by atomic mass is 79.9. The van der Waals surface area contributed by atoms with Gasteiger partial charge < -0.3 is 19.7 Å². The molecule has 140 valence electrons. The lowest BCUT2D eigenvalue weighted by Crippen LogP contribution is -2.51. The highest BCUT2D eigenvalue weighted by Gasteiger charge is 2.32. The van der Waals surface area contributed by atoms with Crippen LogP contribution >= 0.6 is 15.9 Å². The van der Waals surface area contributed by atoms with E-state index in [-0.39, 0.29) is 24.0 Å². The Bertz CT molecular complexity index is 586. The number of carbonyl (C=O) groups excluding carboxylic acids is 1. The Kier molecular flexibility index (Phi) is 6.68. The van der Waals surface area contributed by atoms with Crippen molar-refractivity contribution in [3.63, 3.8) is 0 Å². The molecule has 1 heterocycles. The predicted molar refractivity (Wildman–Crippen MR) is 99.3 cm³/mol. The summed E-state index contributed by atoms with van der Waals surface area (Å²) in [7, 11) is 0. The predicted octanol–water partition coefficient (Wildman–Crippen LogP) is 4.41. The quantitative estimate of drug-likeness (QED) is 0.789. The zero-order chi connectivity index (χ0) is 18.6. The molecule has 2 unspecified atom stereocenters. The van der Waals surface area contributed by atoms with Gasteiger partial charge in [-0.15, -0.1) is 0 Å². The lowest BCUT2D eigenvalue weighted by molar-refractivity contribution is -0.0345. The summed E-state index contributed by atoms with van der Waals surface area (Å²) in [5.41, 5.74) is -0.113. The van der Waals surface area contributed by atoms with E-state index in [2.05, 4.69) is 21.2 Å². The zero-order valence-corrected chi connectivity index (χ0v) is 16.7. The average molecular weight is 417 g/mol. The van der Waals surface area contributed by atoms with Gasteiger partial charge in [0.05, 0.1) is 24.9 Å². The molecular weight excluding hydrogens is 391 g/mol. The van der Waals surface area contributed by atoms with Crippen LogP contribution in [-0.4, -0.2) is 48.4 Å². The van der Waals surface area contributed by atoms with Gasteiger partial charge in [-0.25, -0.2) is 9.18 Å². The molecule has 1 N–H and O–H groups in total. The van der Waals surface area contributed by atoms with Gasteiger partial charge in [0.15, 0.2) is 0 Å². The highest BCUT2D eigenvalue weighted by Crippen LogP contribution is 2.27. The van der Waals surface area contributed by atoms with Crippen molar-refractivity contribution < 1.29 is 18.7 Å². The molecule has 1 aromatic carbocycles. The zero-order valence-electron chi connectivity index (χ0n) is 15.1. The fourth-order valence-electron chi connectivity index (χ4n) is 2.76. The van der Waals surface area contributed by atoms with Gasteiger partial charge in [-0.1, -0.05) is 6.07 Å². The molecule has 1 saturated heterocycles. The molecule has 0 bridgehead atoms. The van der Waals surface area contributed by atoms with E-state index in [0.29, 0.717) is 36.3 Å². The second kappa shape index (κ2) is 8.36. The number of ether oxygens (including phenoxy) is 2. The summed E-state index contributed by atoms with van der Waals surface area (Å²) < 4.78 is 25.7. The first kappa shape index (κ1) is 20.0. The van der Waals surface area contributed by atoms with Gasteiger partial charge in [-0.3, -0.25) is 0 Å². The summed E-state index contributed by atoms with van der Waals surface area (Å²) in [6.07, 6.45) is 0.292. The van der Waals surface area contributed by atoms with Gasteiger partial charge in [0.2, 0.25) is 0 Å². The fourth-order valence-corrected chi connectivity index (χ4v) is 3.22. The SMILES string of the molecule is CC(CC1COCCN1C(=O)OC(C)(C)C)Nc1c(F)cccc1Br. The molecule has 1 fully saturated rings. The van der Waals surface area contributed by atoms with E-state index in [0.717, 1.165) is 0 Å². The highest BCUT2D eigenvalue weighted by molar-refractivity contribution is 9.10. The lowest BCUT2D eigenvalue weighted by atomic mass is 10.1. The Morgan fingerprint density at radius 2 is 2.24 bits per heavy atom. The van der Waals surface area contributed by atoms with Crippen LogP contribution in [0.3, 0.4) is 0 Å². The van der Waals surface area contributed by atoms with Gasteiger partial charge >= 0.3 is 6.09 Å². The van der Waals surface area contributed by atoms with Gasteiger partial charge in [-0.05, 0) is 62.2 Å². The summed E-state index contributed by atoms with van der Waals surface area (Å²) in [5, 5.41) is 3.18. The Morgan fingerprint density at radius 3 is 2.88 bits per heavy atom. The van der Waals surface area contributed by atoms with E-state index in [1.165, 1.54) is 6.07 Å². The first-order chi connectivity index (χ1) is 11.7. The minimum atomic E-state index is -0.540. The van der Waals surface area contributed by atoms with E-state index >= 15 is 0 Å². The number of anilines is 1. The van der Waals surface area contributed by atoms with E-state index in [4.69, 9.17) is 9.47 Å². The van der Waals surface area contributed by atoms with Gasteiger partial charge in [0.1, 0.15) is 11.4 Å².